The molecule has 0 atom stereocenters. The third-order valence-corrected chi connectivity index (χ3v) is 4.93. The Hall–Kier alpha value is -3.28. The van der Waals surface area contributed by atoms with Gasteiger partial charge in [-0.1, -0.05) is 0 Å². The predicted octanol–water partition coefficient (Wildman–Crippen LogP) is 2.48. The number of unbranched alkanes of at least 4 members (excludes halogenated alkanes) is 1. The van der Waals surface area contributed by atoms with Crippen molar-refractivity contribution in [2.24, 2.45) is 5.92 Å². The summed E-state index contributed by atoms with van der Waals surface area (Å²) in [4.78, 5) is 29.6. The van der Waals surface area contributed by atoms with Crippen molar-refractivity contribution in [1.29, 1.82) is 5.26 Å². The summed E-state index contributed by atoms with van der Waals surface area (Å²) in [6, 6.07) is 5.51. The van der Waals surface area contributed by atoms with E-state index in [0.29, 0.717) is 57.0 Å². The number of nitrogens with zero attached hydrogens (tertiary/aromatic N) is 3. The highest BCUT2D eigenvalue weighted by Gasteiger charge is 2.29. The molecule has 29 heavy (non-hydrogen) atoms. The Morgan fingerprint density at radius 2 is 2.17 bits per heavy atom. The summed E-state index contributed by atoms with van der Waals surface area (Å²) in [6.07, 6.45) is 4.63. The van der Waals surface area contributed by atoms with Gasteiger partial charge in [-0.25, -0.2) is 0 Å². The number of rotatable bonds is 8. The molecule has 0 aromatic carbocycles. The number of oxazole rings is 1. The van der Waals surface area contributed by atoms with Crippen molar-refractivity contribution in [1.82, 2.24) is 10.3 Å². The Morgan fingerprint density at radius 1 is 1.38 bits per heavy atom. The first kappa shape index (κ1) is 20.5. The number of piperidine rings is 1. The van der Waals surface area contributed by atoms with E-state index in [4.69, 9.17) is 8.83 Å². The molecule has 0 aliphatic carbocycles. The van der Waals surface area contributed by atoms with E-state index in [-0.39, 0.29) is 29.4 Å². The van der Waals surface area contributed by atoms with Crippen LogP contribution in [0.3, 0.4) is 0 Å². The summed E-state index contributed by atoms with van der Waals surface area (Å²) < 4.78 is 15.6. The fraction of sp³-hybridized carbons (Fsp3) is 0.500. The monoisotopic (exact) mass is 400 g/mol. The number of aromatic nitrogens is 1. The van der Waals surface area contributed by atoms with Gasteiger partial charge in [-0.2, -0.15) is 10.2 Å². The Labute approximate surface area is 168 Å². The molecular formula is C20H24N4O5. The summed E-state index contributed by atoms with van der Waals surface area (Å²) in [6.45, 7) is 1.74. The van der Waals surface area contributed by atoms with Gasteiger partial charge in [-0.05, 0) is 37.8 Å². The van der Waals surface area contributed by atoms with Gasteiger partial charge in [-0.3, -0.25) is 9.59 Å². The standard InChI is InChI=1S/C20H24N4O5/c1-27-17(25)6-2-3-9-22-18(26)14-7-10-24(11-8-14)20-15(13-21)23-19(29-20)16-5-4-12-28-16/h4-5,12,14H,2-3,6-11H2,1H3,(H,22,26). The van der Waals surface area contributed by atoms with Crippen molar-refractivity contribution < 1.29 is 23.2 Å². The summed E-state index contributed by atoms with van der Waals surface area (Å²) in [7, 11) is 1.37. The Bertz CT molecular complexity index is 860. The number of nitrogens with one attached hydrogen (secondary N) is 1. The highest BCUT2D eigenvalue weighted by atomic mass is 16.5. The Kier molecular flexibility index (Phi) is 6.89. The van der Waals surface area contributed by atoms with Gasteiger partial charge in [0, 0.05) is 32.0 Å². The second-order valence-corrected chi connectivity index (χ2v) is 6.85. The van der Waals surface area contributed by atoms with Crippen molar-refractivity contribution in [3.63, 3.8) is 0 Å². The van der Waals surface area contributed by atoms with Crippen LogP contribution >= 0.6 is 0 Å². The van der Waals surface area contributed by atoms with Crippen LogP contribution in [-0.2, 0) is 14.3 Å². The topological polar surface area (TPSA) is 122 Å². The van der Waals surface area contributed by atoms with Gasteiger partial charge in [0.25, 0.3) is 5.89 Å². The number of carbonyl (C=O) groups is 2. The maximum atomic E-state index is 12.4. The molecule has 1 N–H and O–H groups in total. The minimum atomic E-state index is -0.233. The van der Waals surface area contributed by atoms with Crippen LogP contribution in [0.25, 0.3) is 11.7 Å². The number of methoxy groups -OCH3 is 1. The first-order valence-corrected chi connectivity index (χ1v) is 9.66. The van der Waals surface area contributed by atoms with Gasteiger partial charge < -0.3 is 23.8 Å². The molecule has 0 bridgehead atoms. The van der Waals surface area contributed by atoms with E-state index in [1.165, 1.54) is 13.4 Å². The van der Waals surface area contributed by atoms with Gasteiger partial charge in [0.2, 0.25) is 17.5 Å². The van der Waals surface area contributed by atoms with E-state index in [1.807, 2.05) is 4.90 Å². The van der Waals surface area contributed by atoms with Crippen LogP contribution in [0.1, 0.15) is 37.8 Å². The van der Waals surface area contributed by atoms with E-state index in [9.17, 15) is 14.9 Å². The van der Waals surface area contributed by atoms with Crippen LogP contribution in [0.4, 0.5) is 5.88 Å². The van der Waals surface area contributed by atoms with Crippen molar-refractivity contribution in [3.8, 4) is 17.7 Å². The molecule has 1 saturated heterocycles. The Morgan fingerprint density at radius 3 is 2.83 bits per heavy atom. The maximum absolute atomic E-state index is 12.4. The van der Waals surface area contributed by atoms with E-state index >= 15 is 0 Å². The number of carbonyl (C=O) groups excluding carboxylic acids is 2. The minimum Gasteiger partial charge on any atom is -0.469 e. The van der Waals surface area contributed by atoms with E-state index in [1.54, 1.807) is 12.1 Å². The first-order chi connectivity index (χ1) is 14.1. The van der Waals surface area contributed by atoms with E-state index in [0.717, 1.165) is 6.42 Å². The van der Waals surface area contributed by atoms with Gasteiger partial charge in [0.1, 0.15) is 6.07 Å². The normalized spacial score (nSPS) is 14.4. The minimum absolute atomic E-state index is 0.0251. The second kappa shape index (κ2) is 9.78. The molecule has 1 amide bonds. The van der Waals surface area contributed by atoms with E-state index in [2.05, 4.69) is 21.1 Å². The number of esters is 1. The smallest absolute Gasteiger partial charge is 0.305 e. The zero-order chi connectivity index (χ0) is 20.6. The third kappa shape index (κ3) is 5.16. The van der Waals surface area contributed by atoms with Gasteiger partial charge in [-0.15, -0.1) is 0 Å². The number of hydrogen-bond acceptors (Lipinski definition) is 8. The molecule has 1 aliphatic heterocycles. The van der Waals surface area contributed by atoms with Crippen LogP contribution in [0.15, 0.2) is 27.2 Å². The van der Waals surface area contributed by atoms with Crippen molar-refractivity contribution in [2.45, 2.75) is 32.1 Å². The fourth-order valence-corrected chi connectivity index (χ4v) is 3.30. The largest absolute Gasteiger partial charge is 0.469 e. The third-order valence-electron chi connectivity index (χ3n) is 4.93. The number of amides is 1. The Balaban J connectivity index is 1.47. The molecule has 2 aromatic heterocycles. The molecule has 1 aliphatic rings. The molecule has 3 rings (SSSR count). The fourth-order valence-electron chi connectivity index (χ4n) is 3.30. The molecule has 2 aromatic rings. The lowest BCUT2D eigenvalue weighted by Crippen LogP contribution is -2.41. The SMILES string of the molecule is COC(=O)CCCCNC(=O)C1CCN(c2oc(-c3ccco3)nc2C#N)CC1. The summed E-state index contributed by atoms with van der Waals surface area (Å²) >= 11 is 0. The number of ether oxygens (including phenoxy) is 1. The summed E-state index contributed by atoms with van der Waals surface area (Å²) in [5, 5.41) is 12.3. The zero-order valence-corrected chi connectivity index (χ0v) is 16.3. The molecule has 1 fully saturated rings. The second-order valence-electron chi connectivity index (χ2n) is 6.85. The lowest BCUT2D eigenvalue weighted by Gasteiger charge is -2.30. The number of furan rings is 1. The molecule has 9 nitrogen and oxygen atoms in total. The van der Waals surface area contributed by atoms with Crippen molar-refractivity contribution in [2.75, 3.05) is 31.6 Å². The van der Waals surface area contributed by atoms with Crippen LogP contribution < -0.4 is 10.2 Å². The molecule has 9 heteroatoms. The maximum Gasteiger partial charge on any atom is 0.305 e. The molecule has 154 valence electrons. The first-order valence-electron chi connectivity index (χ1n) is 9.66. The molecular weight excluding hydrogens is 376 g/mol. The van der Waals surface area contributed by atoms with E-state index < -0.39 is 0 Å². The molecule has 0 saturated carbocycles. The number of anilines is 1. The molecule has 0 unspecified atom stereocenters. The van der Waals surface area contributed by atoms with Gasteiger partial charge in [0.15, 0.2) is 5.76 Å². The molecule has 0 spiro atoms. The van der Waals surface area contributed by atoms with Crippen molar-refractivity contribution in [3.05, 3.63) is 24.1 Å². The van der Waals surface area contributed by atoms with Crippen LogP contribution in [0, 0.1) is 17.2 Å². The summed E-state index contributed by atoms with van der Waals surface area (Å²) in [5.41, 5.74) is 0.213. The van der Waals surface area contributed by atoms with Gasteiger partial charge in [0.05, 0.1) is 13.4 Å². The van der Waals surface area contributed by atoms with Crippen LogP contribution in [0.5, 0.6) is 0 Å². The number of hydrogen-bond donors (Lipinski definition) is 1. The van der Waals surface area contributed by atoms with Crippen LogP contribution in [0.2, 0.25) is 0 Å². The zero-order valence-electron chi connectivity index (χ0n) is 16.3. The molecule has 0 radical (unpaired) electrons. The summed E-state index contributed by atoms with van der Waals surface area (Å²) in [5.74, 6) is 0.869. The molecule has 3 heterocycles. The number of nitriles is 1. The van der Waals surface area contributed by atoms with Crippen molar-refractivity contribution >= 4 is 17.8 Å². The lowest BCUT2D eigenvalue weighted by atomic mass is 9.96. The highest BCUT2D eigenvalue weighted by Crippen LogP contribution is 2.31. The predicted molar refractivity (Wildman–Crippen MR) is 103 cm³/mol. The van der Waals surface area contributed by atoms with Gasteiger partial charge >= 0.3 is 5.97 Å². The van der Waals surface area contributed by atoms with Crippen LogP contribution in [-0.4, -0.2) is 43.6 Å². The quantitative estimate of drug-likeness (QED) is 0.530. The lowest BCUT2D eigenvalue weighted by molar-refractivity contribution is -0.140. The highest BCUT2D eigenvalue weighted by molar-refractivity contribution is 5.79. The average molecular weight is 400 g/mol. The average Bonchev–Trinajstić information content (AvgIpc) is 3.42.